The van der Waals surface area contributed by atoms with Crippen LogP contribution >= 0.6 is 23.1 Å². The van der Waals surface area contributed by atoms with Gasteiger partial charge in [-0.3, -0.25) is 14.9 Å². The number of anilines is 2. The predicted octanol–water partition coefficient (Wildman–Crippen LogP) is 3.94. The minimum Gasteiger partial charge on any atom is -0.497 e. The second-order valence-corrected chi connectivity index (χ2v) is 8.39. The Morgan fingerprint density at radius 3 is 2.44 bits per heavy atom. The molecule has 9 nitrogen and oxygen atoms in total. The van der Waals surface area contributed by atoms with Gasteiger partial charge >= 0.3 is 0 Å². The fourth-order valence-corrected chi connectivity index (χ4v) is 4.13. The second-order valence-electron chi connectivity index (χ2n) is 6.19. The summed E-state index contributed by atoms with van der Waals surface area (Å²) < 4.78 is 16.4. The van der Waals surface area contributed by atoms with Crippen LogP contribution in [0.2, 0.25) is 0 Å². The Morgan fingerprint density at radius 2 is 1.75 bits per heavy atom. The van der Waals surface area contributed by atoms with Crippen LogP contribution in [0.1, 0.15) is 17.3 Å². The summed E-state index contributed by atoms with van der Waals surface area (Å²) in [5, 5.41) is 13.8. The molecule has 0 fully saturated rings. The number of thioether (sulfide) groups is 1. The molecule has 11 heteroatoms. The lowest BCUT2D eigenvalue weighted by atomic mass is 10.2. The number of nitrogens with zero attached hydrogens (tertiary/aromatic N) is 2. The molecular weight excluding hydrogens is 452 g/mol. The fourth-order valence-electron chi connectivity index (χ4n) is 2.58. The highest BCUT2D eigenvalue weighted by Gasteiger charge is 2.14. The highest BCUT2D eigenvalue weighted by molar-refractivity contribution is 8.01. The number of amides is 2. The molecular formula is C21H22N4O5S2. The Balaban J connectivity index is 1.53. The number of rotatable bonds is 10. The number of benzene rings is 2. The molecule has 0 atom stereocenters. The first-order valence-electron chi connectivity index (χ1n) is 9.54. The largest absolute Gasteiger partial charge is 0.497 e. The van der Waals surface area contributed by atoms with E-state index in [0.29, 0.717) is 44.6 Å². The van der Waals surface area contributed by atoms with Crippen molar-refractivity contribution in [3.63, 3.8) is 0 Å². The van der Waals surface area contributed by atoms with E-state index < -0.39 is 0 Å². The fraction of sp³-hybridized carbons (Fsp3) is 0.238. The van der Waals surface area contributed by atoms with Gasteiger partial charge in [-0.05, 0) is 43.3 Å². The van der Waals surface area contributed by atoms with Crippen molar-refractivity contribution in [2.24, 2.45) is 0 Å². The summed E-state index contributed by atoms with van der Waals surface area (Å²) >= 11 is 2.40. The van der Waals surface area contributed by atoms with Crippen molar-refractivity contribution in [2.45, 2.75) is 11.3 Å². The number of hydrogen-bond donors (Lipinski definition) is 2. The maximum Gasteiger partial charge on any atom is 0.257 e. The molecule has 2 aromatic carbocycles. The van der Waals surface area contributed by atoms with E-state index in [1.807, 2.05) is 6.92 Å². The normalized spacial score (nSPS) is 10.3. The summed E-state index contributed by atoms with van der Waals surface area (Å²) in [5.74, 6) is 1.40. The van der Waals surface area contributed by atoms with E-state index in [1.54, 1.807) is 49.6 Å². The van der Waals surface area contributed by atoms with Crippen molar-refractivity contribution < 1.29 is 23.8 Å². The van der Waals surface area contributed by atoms with Crippen LogP contribution in [0, 0.1) is 0 Å². The highest BCUT2D eigenvalue weighted by atomic mass is 32.2. The monoisotopic (exact) mass is 474 g/mol. The van der Waals surface area contributed by atoms with E-state index in [2.05, 4.69) is 20.8 Å². The Bertz CT molecular complexity index is 1070. The average molecular weight is 475 g/mol. The molecule has 0 spiro atoms. The first-order chi connectivity index (χ1) is 15.5. The van der Waals surface area contributed by atoms with Crippen molar-refractivity contribution in [3.05, 3.63) is 48.0 Å². The lowest BCUT2D eigenvalue weighted by Gasteiger charge is -2.11. The molecule has 2 N–H and O–H groups in total. The molecule has 0 aliphatic rings. The molecule has 0 aliphatic heterocycles. The van der Waals surface area contributed by atoms with Gasteiger partial charge in [0.05, 0.1) is 32.3 Å². The number of aromatic nitrogens is 2. The van der Waals surface area contributed by atoms with Crippen LogP contribution in [0.3, 0.4) is 0 Å². The molecule has 0 bridgehead atoms. The van der Waals surface area contributed by atoms with Crippen molar-refractivity contribution in [2.75, 3.05) is 37.2 Å². The minimum absolute atomic E-state index is 0.113. The molecule has 0 saturated heterocycles. The van der Waals surface area contributed by atoms with E-state index in [0.717, 1.165) is 0 Å². The zero-order valence-electron chi connectivity index (χ0n) is 17.7. The van der Waals surface area contributed by atoms with E-state index >= 15 is 0 Å². The average Bonchev–Trinajstić information content (AvgIpc) is 3.25. The molecule has 3 rings (SSSR count). The summed E-state index contributed by atoms with van der Waals surface area (Å²) in [4.78, 5) is 24.7. The van der Waals surface area contributed by atoms with Crippen molar-refractivity contribution in [1.29, 1.82) is 0 Å². The number of carbonyl (C=O) groups is 2. The van der Waals surface area contributed by atoms with Crippen LogP contribution in [0.25, 0.3) is 0 Å². The van der Waals surface area contributed by atoms with Gasteiger partial charge in [0.15, 0.2) is 4.34 Å². The highest BCUT2D eigenvalue weighted by Crippen LogP contribution is 2.30. The quantitative estimate of drug-likeness (QED) is 0.336. The van der Waals surface area contributed by atoms with E-state index in [-0.39, 0.29) is 17.6 Å². The third kappa shape index (κ3) is 6.34. The van der Waals surface area contributed by atoms with Crippen LogP contribution in [-0.4, -0.2) is 48.6 Å². The van der Waals surface area contributed by atoms with Crippen LogP contribution in [0.5, 0.6) is 17.2 Å². The van der Waals surface area contributed by atoms with Gasteiger partial charge in [-0.1, -0.05) is 23.1 Å². The van der Waals surface area contributed by atoms with Crippen molar-refractivity contribution >= 4 is 45.7 Å². The van der Waals surface area contributed by atoms with Crippen LogP contribution in [0.4, 0.5) is 10.8 Å². The van der Waals surface area contributed by atoms with Gasteiger partial charge in [-0.25, -0.2) is 0 Å². The first kappa shape index (κ1) is 23.4. The van der Waals surface area contributed by atoms with Gasteiger partial charge in [-0.15, -0.1) is 10.2 Å². The summed E-state index contributed by atoms with van der Waals surface area (Å²) in [6, 6.07) is 12.0. The lowest BCUT2D eigenvalue weighted by Crippen LogP contribution is -2.14. The van der Waals surface area contributed by atoms with Crippen molar-refractivity contribution in [3.8, 4) is 17.2 Å². The maximum absolute atomic E-state index is 12.4. The molecule has 0 radical (unpaired) electrons. The van der Waals surface area contributed by atoms with Gasteiger partial charge in [0.2, 0.25) is 11.0 Å². The van der Waals surface area contributed by atoms with Crippen molar-refractivity contribution in [1.82, 2.24) is 10.2 Å². The molecule has 0 aliphatic carbocycles. The third-order valence-corrected chi connectivity index (χ3v) is 6.03. The Hall–Kier alpha value is -3.31. The van der Waals surface area contributed by atoms with E-state index in [9.17, 15) is 9.59 Å². The Labute approximate surface area is 193 Å². The topological polar surface area (TPSA) is 112 Å². The second kappa shape index (κ2) is 11.3. The maximum atomic E-state index is 12.4. The van der Waals surface area contributed by atoms with E-state index in [1.165, 1.54) is 30.2 Å². The third-order valence-electron chi connectivity index (χ3n) is 4.06. The minimum atomic E-state index is -0.302. The standard InChI is InChI=1S/C21H22N4O5S2/c1-4-30-14-7-5-13(6-8-14)19(27)23-20-24-25-21(32-20)31-12-18(26)22-16-11-15(28-2)9-10-17(16)29-3/h5-11H,4,12H2,1-3H3,(H,22,26)(H,23,24,27). The first-order valence-corrected chi connectivity index (χ1v) is 11.3. The summed E-state index contributed by atoms with van der Waals surface area (Å²) in [6.45, 7) is 2.45. The zero-order valence-corrected chi connectivity index (χ0v) is 19.3. The van der Waals surface area contributed by atoms with Crippen LogP contribution in [0.15, 0.2) is 46.8 Å². The molecule has 1 aromatic heterocycles. The number of carbonyl (C=O) groups excluding carboxylic acids is 2. The zero-order chi connectivity index (χ0) is 22.9. The number of hydrogen-bond acceptors (Lipinski definition) is 9. The van der Waals surface area contributed by atoms with Gasteiger partial charge in [0.1, 0.15) is 17.2 Å². The molecule has 168 valence electrons. The summed E-state index contributed by atoms with van der Waals surface area (Å²) in [5.41, 5.74) is 0.988. The number of nitrogens with one attached hydrogen (secondary N) is 2. The van der Waals surface area contributed by atoms with Gasteiger partial charge < -0.3 is 19.5 Å². The smallest absolute Gasteiger partial charge is 0.257 e. The SMILES string of the molecule is CCOc1ccc(C(=O)Nc2nnc(SCC(=O)Nc3cc(OC)ccc3OC)s2)cc1. The van der Waals surface area contributed by atoms with E-state index in [4.69, 9.17) is 14.2 Å². The van der Waals surface area contributed by atoms with Gasteiger partial charge in [0.25, 0.3) is 5.91 Å². The number of ether oxygens (including phenoxy) is 3. The molecule has 32 heavy (non-hydrogen) atoms. The predicted molar refractivity (Wildman–Crippen MR) is 124 cm³/mol. The summed E-state index contributed by atoms with van der Waals surface area (Å²) in [6.07, 6.45) is 0. The summed E-state index contributed by atoms with van der Waals surface area (Å²) in [7, 11) is 3.07. The Morgan fingerprint density at radius 1 is 1.00 bits per heavy atom. The molecule has 2 amide bonds. The van der Waals surface area contributed by atoms with Gasteiger partial charge in [-0.2, -0.15) is 0 Å². The lowest BCUT2D eigenvalue weighted by molar-refractivity contribution is -0.113. The molecule has 0 unspecified atom stereocenters. The number of methoxy groups -OCH3 is 2. The molecule has 3 aromatic rings. The molecule has 0 saturated carbocycles. The van der Waals surface area contributed by atoms with Gasteiger partial charge in [0, 0.05) is 11.6 Å². The Kier molecular flexibility index (Phi) is 8.28. The molecule has 1 heterocycles. The van der Waals surface area contributed by atoms with Crippen LogP contribution < -0.4 is 24.8 Å². The van der Waals surface area contributed by atoms with Crippen LogP contribution in [-0.2, 0) is 4.79 Å².